The second kappa shape index (κ2) is 14.2. The molecule has 0 aromatic heterocycles. The molecule has 0 saturated heterocycles. The third-order valence-corrected chi connectivity index (χ3v) is 14.7. The molecule has 0 fully saturated rings. The number of carbonyl (C=O) groups excluding carboxylic acids is 1. The van der Waals surface area contributed by atoms with Gasteiger partial charge in [0, 0.05) is 43.4 Å². The van der Waals surface area contributed by atoms with Crippen molar-refractivity contribution in [3.8, 4) is 33.4 Å². The first kappa shape index (κ1) is 33.4. The van der Waals surface area contributed by atoms with Crippen molar-refractivity contribution in [1.82, 2.24) is 0 Å². The molecule has 0 unspecified atom stereocenters. The number of hydrogen-bond donors (Lipinski definition) is 0. The summed E-state index contributed by atoms with van der Waals surface area (Å²) in [5.74, 6) is 2.04. The standard InChI is InChI=1S/C47H38O2S3/c1-2-46(48)49-27-47(28-50-37-18-15-34-21-31-9-3-6-12-40(31)43(34)24-37,29-51-38-19-16-35-22-32-10-4-7-13-41(32)44(35)25-38)30-52-39-20-17-36-23-33-11-5-8-14-42(33)45(36)26-39/h2-20,24-26H,1,21-23,27-30H2. The number of carbonyl (C=O) groups is 1. The molecule has 6 aromatic rings. The minimum Gasteiger partial charge on any atom is -0.462 e. The number of esters is 1. The van der Waals surface area contributed by atoms with Gasteiger partial charge in [-0.3, -0.25) is 0 Å². The molecule has 0 spiro atoms. The van der Waals surface area contributed by atoms with E-state index in [1.165, 1.54) is 87.5 Å². The van der Waals surface area contributed by atoms with E-state index in [1.54, 1.807) is 0 Å². The lowest BCUT2D eigenvalue weighted by atomic mass is 9.97. The Kier molecular flexibility index (Phi) is 9.12. The highest BCUT2D eigenvalue weighted by Crippen LogP contribution is 2.45. The summed E-state index contributed by atoms with van der Waals surface area (Å²) in [5.41, 5.74) is 16.1. The molecule has 256 valence electrons. The lowest BCUT2D eigenvalue weighted by molar-refractivity contribution is -0.140. The van der Waals surface area contributed by atoms with Crippen LogP contribution in [-0.4, -0.2) is 29.8 Å². The number of benzene rings is 6. The maximum absolute atomic E-state index is 12.7. The molecule has 3 aliphatic rings. The van der Waals surface area contributed by atoms with Crippen molar-refractivity contribution in [3.63, 3.8) is 0 Å². The topological polar surface area (TPSA) is 26.3 Å². The van der Waals surface area contributed by atoms with Crippen molar-refractivity contribution in [2.45, 2.75) is 33.9 Å². The third kappa shape index (κ3) is 6.55. The Morgan fingerprint density at radius 3 is 1.23 bits per heavy atom. The Morgan fingerprint density at radius 2 is 0.865 bits per heavy atom. The van der Waals surface area contributed by atoms with Crippen LogP contribution in [0.25, 0.3) is 33.4 Å². The number of ether oxygens (including phenoxy) is 1. The van der Waals surface area contributed by atoms with Crippen LogP contribution in [0.4, 0.5) is 0 Å². The predicted octanol–water partition coefficient (Wildman–Crippen LogP) is 11.8. The van der Waals surface area contributed by atoms with Gasteiger partial charge in [-0.2, -0.15) is 0 Å². The summed E-state index contributed by atoms with van der Waals surface area (Å²) < 4.78 is 5.99. The van der Waals surface area contributed by atoms with Crippen LogP contribution in [0, 0.1) is 5.41 Å². The van der Waals surface area contributed by atoms with Crippen LogP contribution in [0.1, 0.15) is 33.4 Å². The van der Waals surface area contributed by atoms with Crippen LogP contribution in [0.3, 0.4) is 0 Å². The lowest BCUT2D eigenvalue weighted by Crippen LogP contribution is -2.36. The minimum absolute atomic E-state index is 0.320. The fraction of sp³-hybridized carbons (Fsp3) is 0.170. The average Bonchev–Trinajstić information content (AvgIpc) is 3.88. The molecule has 9 rings (SSSR count). The van der Waals surface area contributed by atoms with Gasteiger partial charge in [-0.15, -0.1) is 35.3 Å². The zero-order valence-corrected chi connectivity index (χ0v) is 31.3. The molecule has 52 heavy (non-hydrogen) atoms. The Bertz CT molecular complexity index is 2120. The van der Waals surface area contributed by atoms with Crippen LogP contribution >= 0.6 is 35.3 Å². The Morgan fingerprint density at radius 1 is 0.519 bits per heavy atom. The zero-order valence-electron chi connectivity index (χ0n) is 28.9. The monoisotopic (exact) mass is 730 g/mol. The van der Waals surface area contributed by atoms with E-state index in [1.807, 2.05) is 35.3 Å². The van der Waals surface area contributed by atoms with Gasteiger partial charge in [0.1, 0.15) is 0 Å². The highest BCUT2D eigenvalue weighted by Gasteiger charge is 2.34. The second-order valence-electron chi connectivity index (χ2n) is 14.1. The van der Waals surface area contributed by atoms with Crippen molar-refractivity contribution < 1.29 is 9.53 Å². The van der Waals surface area contributed by atoms with E-state index in [0.29, 0.717) is 6.61 Å². The minimum atomic E-state index is -0.373. The van der Waals surface area contributed by atoms with Crippen LogP contribution in [0.2, 0.25) is 0 Å². The molecular weight excluding hydrogens is 693 g/mol. The molecule has 0 heterocycles. The van der Waals surface area contributed by atoms with E-state index in [4.69, 9.17) is 4.74 Å². The number of thioether (sulfide) groups is 3. The normalized spacial score (nSPS) is 13.1. The molecule has 0 atom stereocenters. The molecule has 6 aromatic carbocycles. The van der Waals surface area contributed by atoms with E-state index in [9.17, 15) is 4.79 Å². The molecule has 0 amide bonds. The number of hydrogen-bond acceptors (Lipinski definition) is 5. The number of fused-ring (bicyclic) bond motifs is 9. The van der Waals surface area contributed by atoms with Crippen molar-refractivity contribution in [3.05, 3.63) is 173 Å². The first-order chi connectivity index (χ1) is 25.5. The lowest BCUT2D eigenvalue weighted by Gasteiger charge is -2.33. The SMILES string of the molecule is C=CC(=O)OCC(CSc1ccc2c(c1)-c1ccccc1C2)(CSc1ccc2c(c1)-c1ccccc1C2)CSc1ccc2c(c1)-c1ccccc1C2. The first-order valence-electron chi connectivity index (χ1n) is 17.9. The van der Waals surface area contributed by atoms with Gasteiger partial charge in [0.25, 0.3) is 0 Å². The van der Waals surface area contributed by atoms with Crippen molar-refractivity contribution in [1.29, 1.82) is 0 Å². The summed E-state index contributed by atoms with van der Waals surface area (Å²) in [6, 6.07) is 47.0. The quantitative estimate of drug-likeness (QED) is 0.0708. The Hall–Kier alpha value is -4.42. The fourth-order valence-electron chi connectivity index (χ4n) is 7.82. The molecule has 0 radical (unpaired) electrons. The van der Waals surface area contributed by atoms with Crippen LogP contribution in [0.15, 0.2) is 155 Å². The van der Waals surface area contributed by atoms with E-state index in [2.05, 4.69) is 134 Å². The smallest absolute Gasteiger partial charge is 0.330 e. The van der Waals surface area contributed by atoms with E-state index < -0.39 is 0 Å². The molecular formula is C47H38O2S3. The molecule has 0 N–H and O–H groups in total. The van der Waals surface area contributed by atoms with Gasteiger partial charge in [-0.05, 0) is 122 Å². The second-order valence-corrected chi connectivity index (χ2v) is 17.3. The maximum atomic E-state index is 12.7. The van der Waals surface area contributed by atoms with Gasteiger partial charge in [0.15, 0.2) is 0 Å². The Labute approximate surface area is 319 Å². The van der Waals surface area contributed by atoms with Gasteiger partial charge in [-0.25, -0.2) is 4.79 Å². The number of rotatable bonds is 12. The average molecular weight is 731 g/mol. The summed E-state index contributed by atoms with van der Waals surface area (Å²) >= 11 is 5.63. The van der Waals surface area contributed by atoms with Gasteiger partial charge in [-0.1, -0.05) is 97.6 Å². The van der Waals surface area contributed by atoms with Crippen LogP contribution in [-0.2, 0) is 28.8 Å². The summed E-state index contributed by atoms with van der Waals surface area (Å²) in [4.78, 5) is 16.4. The molecule has 3 aliphatic carbocycles. The summed E-state index contributed by atoms with van der Waals surface area (Å²) in [6.07, 6.45) is 4.25. The molecule has 0 saturated carbocycles. The summed E-state index contributed by atoms with van der Waals surface area (Å²) in [6.45, 7) is 4.03. The molecule has 0 bridgehead atoms. The third-order valence-electron chi connectivity index (χ3n) is 10.6. The molecule has 2 nitrogen and oxygen atoms in total. The molecule has 0 aliphatic heterocycles. The summed E-state index contributed by atoms with van der Waals surface area (Å²) in [7, 11) is 0. The fourth-order valence-corrected chi connectivity index (χ4v) is 11.6. The van der Waals surface area contributed by atoms with Gasteiger partial charge >= 0.3 is 5.97 Å². The summed E-state index contributed by atoms with van der Waals surface area (Å²) in [5, 5.41) is 0. The molecule has 5 heteroatoms. The van der Waals surface area contributed by atoms with Crippen LogP contribution < -0.4 is 0 Å². The van der Waals surface area contributed by atoms with Crippen molar-refractivity contribution >= 4 is 41.3 Å². The first-order valence-corrected chi connectivity index (χ1v) is 20.8. The van der Waals surface area contributed by atoms with E-state index in [-0.39, 0.29) is 11.4 Å². The maximum Gasteiger partial charge on any atom is 0.330 e. The van der Waals surface area contributed by atoms with Gasteiger partial charge < -0.3 is 4.74 Å². The Balaban J connectivity index is 1.02. The van der Waals surface area contributed by atoms with Crippen molar-refractivity contribution in [2.75, 3.05) is 23.9 Å². The van der Waals surface area contributed by atoms with Crippen molar-refractivity contribution in [2.24, 2.45) is 5.41 Å². The predicted molar refractivity (Wildman–Crippen MR) is 220 cm³/mol. The largest absolute Gasteiger partial charge is 0.462 e. The highest BCUT2D eigenvalue weighted by molar-refractivity contribution is 8.01. The van der Waals surface area contributed by atoms with E-state index in [0.717, 1.165) is 36.5 Å². The van der Waals surface area contributed by atoms with Gasteiger partial charge in [0.05, 0.1) is 6.61 Å². The zero-order chi connectivity index (χ0) is 35.1. The van der Waals surface area contributed by atoms with Gasteiger partial charge in [0.2, 0.25) is 0 Å². The van der Waals surface area contributed by atoms with Crippen LogP contribution in [0.5, 0.6) is 0 Å². The highest BCUT2D eigenvalue weighted by atomic mass is 32.2. The van der Waals surface area contributed by atoms with E-state index >= 15 is 0 Å².